The van der Waals surface area contributed by atoms with Crippen LogP contribution in [0.1, 0.15) is 52.4 Å². The van der Waals surface area contributed by atoms with Gasteiger partial charge < -0.3 is 9.80 Å². The third-order valence-electron chi connectivity index (χ3n) is 5.14. The SMILES string of the molecule is Cc1nc2c(c(N3CCC3)n1)[C@@H](C)N(C(=O)c1ccc(Cl)c(C)c1)C2. The number of fused-ring (bicyclic) bond motifs is 1. The van der Waals surface area contributed by atoms with Crippen LogP contribution in [0.5, 0.6) is 0 Å². The number of nitrogens with zero attached hydrogens (tertiary/aromatic N) is 4. The molecule has 0 unspecified atom stereocenters. The topological polar surface area (TPSA) is 49.3 Å². The zero-order chi connectivity index (χ0) is 17.7. The van der Waals surface area contributed by atoms with Crippen LogP contribution in [0, 0.1) is 13.8 Å². The molecule has 5 nitrogen and oxygen atoms in total. The maximum atomic E-state index is 13.1. The molecule has 4 rings (SSSR count). The van der Waals surface area contributed by atoms with Gasteiger partial charge in [-0.05, 0) is 51.0 Å². The predicted octanol–water partition coefficient (Wildman–Crippen LogP) is 3.67. The van der Waals surface area contributed by atoms with Crippen LogP contribution in [-0.4, -0.2) is 33.9 Å². The van der Waals surface area contributed by atoms with Gasteiger partial charge in [-0.15, -0.1) is 0 Å². The fourth-order valence-electron chi connectivity index (χ4n) is 3.59. The predicted molar refractivity (Wildman–Crippen MR) is 98.1 cm³/mol. The van der Waals surface area contributed by atoms with Crippen molar-refractivity contribution in [1.82, 2.24) is 14.9 Å². The molecule has 0 saturated carbocycles. The number of hydrogen-bond acceptors (Lipinski definition) is 4. The van der Waals surface area contributed by atoms with Crippen molar-refractivity contribution in [3.8, 4) is 0 Å². The molecule has 2 aliphatic heterocycles. The van der Waals surface area contributed by atoms with Gasteiger partial charge in [0.05, 0.1) is 18.3 Å². The van der Waals surface area contributed by atoms with E-state index in [4.69, 9.17) is 11.6 Å². The fraction of sp³-hybridized carbons (Fsp3) is 0.421. The van der Waals surface area contributed by atoms with Crippen molar-refractivity contribution in [2.75, 3.05) is 18.0 Å². The Bertz CT molecular complexity index is 863. The molecule has 0 bridgehead atoms. The summed E-state index contributed by atoms with van der Waals surface area (Å²) in [5.74, 6) is 1.78. The van der Waals surface area contributed by atoms with Crippen molar-refractivity contribution in [3.63, 3.8) is 0 Å². The van der Waals surface area contributed by atoms with Crippen LogP contribution in [0.3, 0.4) is 0 Å². The van der Waals surface area contributed by atoms with E-state index in [1.165, 1.54) is 6.42 Å². The van der Waals surface area contributed by atoms with E-state index >= 15 is 0 Å². The molecule has 1 aromatic carbocycles. The van der Waals surface area contributed by atoms with Crippen LogP contribution in [0.25, 0.3) is 0 Å². The smallest absolute Gasteiger partial charge is 0.254 e. The first-order chi connectivity index (χ1) is 12.0. The highest BCUT2D eigenvalue weighted by molar-refractivity contribution is 6.31. The third kappa shape index (κ3) is 2.67. The van der Waals surface area contributed by atoms with Gasteiger partial charge in [-0.2, -0.15) is 0 Å². The van der Waals surface area contributed by atoms with E-state index in [0.29, 0.717) is 17.1 Å². The first kappa shape index (κ1) is 16.3. The highest BCUT2D eigenvalue weighted by Crippen LogP contribution is 2.40. The van der Waals surface area contributed by atoms with Gasteiger partial charge >= 0.3 is 0 Å². The number of aromatic nitrogens is 2. The molecule has 1 atom stereocenters. The lowest BCUT2D eigenvalue weighted by molar-refractivity contribution is 0.0704. The standard InChI is InChI=1S/C19H21ClN4O/c1-11-9-14(5-6-15(11)20)19(25)24-10-16-17(12(24)2)18(22-13(3)21-16)23-7-4-8-23/h5-6,9,12H,4,7-8,10H2,1-3H3/t12-/m1/s1. The molecule has 1 aromatic heterocycles. The molecule has 3 heterocycles. The molecular formula is C19H21ClN4O. The minimum absolute atomic E-state index is 0.0116. The normalized spacial score (nSPS) is 19.0. The van der Waals surface area contributed by atoms with Gasteiger partial charge in [0.25, 0.3) is 5.91 Å². The molecule has 1 amide bonds. The van der Waals surface area contributed by atoms with Gasteiger partial charge in [0, 0.05) is 29.2 Å². The Labute approximate surface area is 152 Å². The van der Waals surface area contributed by atoms with Crippen molar-refractivity contribution >= 4 is 23.3 Å². The third-order valence-corrected chi connectivity index (χ3v) is 5.57. The Morgan fingerprint density at radius 3 is 2.64 bits per heavy atom. The van der Waals surface area contributed by atoms with Gasteiger partial charge in [-0.1, -0.05) is 11.6 Å². The Morgan fingerprint density at radius 2 is 2.00 bits per heavy atom. The molecule has 0 aliphatic carbocycles. The van der Waals surface area contributed by atoms with E-state index in [9.17, 15) is 4.79 Å². The second-order valence-electron chi connectivity index (χ2n) is 6.87. The molecule has 2 aromatic rings. The number of amides is 1. The average Bonchev–Trinajstić information content (AvgIpc) is 2.84. The molecule has 25 heavy (non-hydrogen) atoms. The van der Waals surface area contributed by atoms with Gasteiger partial charge in [-0.25, -0.2) is 9.97 Å². The van der Waals surface area contributed by atoms with E-state index < -0.39 is 0 Å². The number of aryl methyl sites for hydroxylation is 2. The van der Waals surface area contributed by atoms with E-state index in [-0.39, 0.29) is 11.9 Å². The molecule has 1 fully saturated rings. The van der Waals surface area contributed by atoms with Crippen LogP contribution in [-0.2, 0) is 6.54 Å². The quantitative estimate of drug-likeness (QED) is 0.823. The number of rotatable bonds is 2. The lowest BCUT2D eigenvalue weighted by atomic mass is 10.1. The summed E-state index contributed by atoms with van der Waals surface area (Å²) in [7, 11) is 0. The Balaban J connectivity index is 1.69. The van der Waals surface area contributed by atoms with Crippen LogP contribution >= 0.6 is 11.6 Å². The average molecular weight is 357 g/mol. The zero-order valence-corrected chi connectivity index (χ0v) is 15.5. The minimum atomic E-state index is -0.0327. The van der Waals surface area contributed by atoms with Gasteiger partial charge in [0.1, 0.15) is 11.6 Å². The number of anilines is 1. The van der Waals surface area contributed by atoms with Crippen molar-refractivity contribution in [2.24, 2.45) is 0 Å². The molecule has 6 heteroatoms. The van der Waals surface area contributed by atoms with Crippen LogP contribution in [0.15, 0.2) is 18.2 Å². The zero-order valence-electron chi connectivity index (χ0n) is 14.7. The number of benzene rings is 1. The molecule has 0 spiro atoms. The largest absolute Gasteiger partial charge is 0.356 e. The van der Waals surface area contributed by atoms with Crippen LogP contribution in [0.2, 0.25) is 5.02 Å². The lowest BCUT2D eigenvalue weighted by Crippen LogP contribution is -2.39. The molecule has 130 valence electrons. The van der Waals surface area contributed by atoms with Gasteiger partial charge in [-0.3, -0.25) is 4.79 Å². The molecule has 1 saturated heterocycles. The Morgan fingerprint density at radius 1 is 1.24 bits per heavy atom. The molecular weight excluding hydrogens is 336 g/mol. The summed E-state index contributed by atoms with van der Waals surface area (Å²) >= 11 is 6.09. The summed E-state index contributed by atoms with van der Waals surface area (Å²) in [4.78, 5) is 26.5. The van der Waals surface area contributed by atoms with Gasteiger partial charge in [0.15, 0.2) is 0 Å². The molecule has 0 N–H and O–H groups in total. The monoisotopic (exact) mass is 356 g/mol. The van der Waals surface area contributed by atoms with Gasteiger partial charge in [0.2, 0.25) is 0 Å². The number of carbonyl (C=O) groups excluding carboxylic acids is 1. The van der Waals surface area contributed by atoms with Crippen molar-refractivity contribution < 1.29 is 4.79 Å². The Kier molecular flexibility index (Phi) is 3.91. The summed E-state index contributed by atoms with van der Waals surface area (Å²) in [6.45, 7) is 8.48. The highest BCUT2D eigenvalue weighted by Gasteiger charge is 2.37. The van der Waals surface area contributed by atoms with Crippen LogP contribution in [0.4, 0.5) is 5.82 Å². The van der Waals surface area contributed by atoms with Crippen molar-refractivity contribution in [3.05, 3.63) is 51.4 Å². The summed E-state index contributed by atoms with van der Waals surface area (Å²) in [5, 5.41) is 0.677. The Hall–Kier alpha value is -2.14. The van der Waals surface area contributed by atoms with E-state index in [2.05, 4.69) is 21.8 Å². The number of halogens is 1. The van der Waals surface area contributed by atoms with E-state index in [0.717, 1.165) is 41.6 Å². The fourth-order valence-corrected chi connectivity index (χ4v) is 3.70. The maximum Gasteiger partial charge on any atom is 0.254 e. The van der Waals surface area contributed by atoms with E-state index in [1.807, 2.05) is 24.8 Å². The second kappa shape index (κ2) is 5.99. The van der Waals surface area contributed by atoms with E-state index in [1.54, 1.807) is 12.1 Å². The number of hydrogen-bond donors (Lipinski definition) is 0. The summed E-state index contributed by atoms with van der Waals surface area (Å²) in [6.07, 6.45) is 1.19. The second-order valence-corrected chi connectivity index (χ2v) is 7.28. The van der Waals surface area contributed by atoms with Crippen molar-refractivity contribution in [2.45, 2.75) is 39.8 Å². The maximum absolute atomic E-state index is 13.1. The number of carbonyl (C=O) groups is 1. The molecule has 2 aliphatic rings. The first-order valence-corrected chi connectivity index (χ1v) is 9.03. The minimum Gasteiger partial charge on any atom is -0.356 e. The highest BCUT2D eigenvalue weighted by atomic mass is 35.5. The van der Waals surface area contributed by atoms with Crippen LogP contribution < -0.4 is 4.90 Å². The molecule has 0 radical (unpaired) electrons. The van der Waals surface area contributed by atoms with Crippen molar-refractivity contribution in [1.29, 1.82) is 0 Å². The summed E-state index contributed by atoms with van der Waals surface area (Å²) in [5.41, 5.74) is 3.65. The lowest BCUT2D eigenvalue weighted by Gasteiger charge is -2.34. The first-order valence-electron chi connectivity index (χ1n) is 8.65. The summed E-state index contributed by atoms with van der Waals surface area (Å²) in [6, 6.07) is 5.40. The summed E-state index contributed by atoms with van der Waals surface area (Å²) < 4.78 is 0.